The zero-order valence-electron chi connectivity index (χ0n) is 9.62. The molecule has 94 valence electrons. The van der Waals surface area contributed by atoms with Crippen molar-refractivity contribution in [3.8, 4) is 0 Å². The van der Waals surface area contributed by atoms with Gasteiger partial charge in [0.25, 0.3) is 0 Å². The SMILES string of the molecule is Nc1nc2c(s1)C(c1cc(F)cc(F)c1)CCC2. The molecule has 0 radical (unpaired) electrons. The maximum absolute atomic E-state index is 13.3. The first-order valence-corrected chi connectivity index (χ1v) is 6.66. The van der Waals surface area contributed by atoms with Crippen molar-refractivity contribution in [2.75, 3.05) is 5.73 Å². The summed E-state index contributed by atoms with van der Waals surface area (Å²) in [6, 6.07) is 3.70. The van der Waals surface area contributed by atoms with Crippen LogP contribution in [-0.4, -0.2) is 4.98 Å². The van der Waals surface area contributed by atoms with Crippen molar-refractivity contribution in [1.29, 1.82) is 0 Å². The largest absolute Gasteiger partial charge is 0.375 e. The van der Waals surface area contributed by atoms with Gasteiger partial charge in [-0.3, -0.25) is 0 Å². The summed E-state index contributed by atoms with van der Waals surface area (Å²) >= 11 is 1.43. The minimum absolute atomic E-state index is 0.0220. The number of halogens is 2. The molecule has 0 aliphatic heterocycles. The average Bonchev–Trinajstić information content (AvgIpc) is 2.67. The van der Waals surface area contributed by atoms with E-state index in [4.69, 9.17) is 5.73 Å². The van der Waals surface area contributed by atoms with Crippen molar-refractivity contribution in [3.63, 3.8) is 0 Å². The highest BCUT2D eigenvalue weighted by molar-refractivity contribution is 7.15. The van der Waals surface area contributed by atoms with Gasteiger partial charge in [-0.15, -0.1) is 11.3 Å². The van der Waals surface area contributed by atoms with E-state index in [0.717, 1.165) is 35.9 Å². The zero-order chi connectivity index (χ0) is 12.7. The number of aromatic nitrogens is 1. The highest BCUT2D eigenvalue weighted by Crippen LogP contribution is 2.40. The van der Waals surface area contributed by atoms with Crippen molar-refractivity contribution in [2.45, 2.75) is 25.2 Å². The van der Waals surface area contributed by atoms with Gasteiger partial charge in [-0.1, -0.05) is 0 Å². The Balaban J connectivity index is 2.07. The fourth-order valence-electron chi connectivity index (χ4n) is 2.53. The Bertz CT molecular complexity index is 574. The predicted molar refractivity (Wildman–Crippen MR) is 67.7 cm³/mol. The van der Waals surface area contributed by atoms with Gasteiger partial charge < -0.3 is 5.73 Å². The zero-order valence-corrected chi connectivity index (χ0v) is 10.4. The number of rotatable bonds is 1. The fraction of sp³-hybridized carbons (Fsp3) is 0.308. The molecular weight excluding hydrogens is 254 g/mol. The van der Waals surface area contributed by atoms with E-state index in [1.165, 1.54) is 23.5 Å². The highest BCUT2D eigenvalue weighted by Gasteiger charge is 2.26. The van der Waals surface area contributed by atoms with E-state index < -0.39 is 11.6 Å². The molecule has 2 aromatic rings. The van der Waals surface area contributed by atoms with Crippen LogP contribution in [0.3, 0.4) is 0 Å². The van der Waals surface area contributed by atoms with Gasteiger partial charge in [0.05, 0.1) is 5.69 Å². The van der Waals surface area contributed by atoms with Gasteiger partial charge in [0.2, 0.25) is 0 Å². The van der Waals surface area contributed by atoms with Crippen LogP contribution in [0.25, 0.3) is 0 Å². The van der Waals surface area contributed by atoms with E-state index in [9.17, 15) is 8.78 Å². The number of thiazole rings is 1. The van der Waals surface area contributed by atoms with Crippen LogP contribution in [0.5, 0.6) is 0 Å². The number of benzene rings is 1. The first-order valence-electron chi connectivity index (χ1n) is 5.84. The summed E-state index contributed by atoms with van der Waals surface area (Å²) in [5.41, 5.74) is 7.38. The normalized spacial score (nSPS) is 18.7. The smallest absolute Gasteiger partial charge is 0.180 e. The third-order valence-corrected chi connectivity index (χ3v) is 4.29. The summed E-state index contributed by atoms with van der Waals surface area (Å²) in [4.78, 5) is 5.34. The van der Waals surface area contributed by atoms with Gasteiger partial charge in [0, 0.05) is 16.9 Å². The molecule has 0 fully saturated rings. The molecule has 0 bridgehead atoms. The molecule has 1 aliphatic rings. The van der Waals surface area contributed by atoms with Crippen molar-refractivity contribution in [2.24, 2.45) is 0 Å². The van der Waals surface area contributed by atoms with Crippen molar-refractivity contribution < 1.29 is 8.78 Å². The van der Waals surface area contributed by atoms with Gasteiger partial charge in [-0.05, 0) is 37.0 Å². The molecule has 1 unspecified atom stereocenters. The molecular formula is C13H12F2N2S. The van der Waals surface area contributed by atoms with Gasteiger partial charge in [-0.2, -0.15) is 0 Å². The summed E-state index contributed by atoms with van der Waals surface area (Å²) in [7, 11) is 0. The van der Waals surface area contributed by atoms with E-state index in [1.807, 2.05) is 0 Å². The summed E-state index contributed by atoms with van der Waals surface area (Å²) < 4.78 is 26.6. The lowest BCUT2D eigenvalue weighted by Gasteiger charge is -2.21. The number of nitrogens with zero attached hydrogens (tertiary/aromatic N) is 1. The molecule has 0 spiro atoms. The van der Waals surface area contributed by atoms with E-state index in [0.29, 0.717) is 10.7 Å². The second-order valence-electron chi connectivity index (χ2n) is 4.51. The van der Waals surface area contributed by atoms with Crippen LogP contribution in [0.2, 0.25) is 0 Å². The standard InChI is InChI=1S/C13H12F2N2S/c14-8-4-7(5-9(15)6-8)10-2-1-3-11-12(10)18-13(16)17-11/h4-6,10H,1-3H2,(H2,16,17). The average molecular weight is 266 g/mol. The molecule has 0 saturated carbocycles. The molecule has 0 saturated heterocycles. The lowest BCUT2D eigenvalue weighted by atomic mass is 9.86. The molecule has 3 rings (SSSR count). The van der Waals surface area contributed by atoms with Gasteiger partial charge in [0.15, 0.2) is 5.13 Å². The Hall–Kier alpha value is -1.49. The van der Waals surface area contributed by atoms with Crippen molar-refractivity contribution >= 4 is 16.5 Å². The highest BCUT2D eigenvalue weighted by atomic mass is 32.1. The second kappa shape index (κ2) is 4.31. The van der Waals surface area contributed by atoms with Crippen LogP contribution in [0.1, 0.15) is 34.9 Å². The Kier molecular flexibility index (Phi) is 2.78. The van der Waals surface area contributed by atoms with Gasteiger partial charge in [0.1, 0.15) is 11.6 Å². The van der Waals surface area contributed by atoms with Crippen LogP contribution in [0.15, 0.2) is 18.2 Å². The van der Waals surface area contributed by atoms with Crippen LogP contribution >= 0.6 is 11.3 Å². The Morgan fingerprint density at radius 1 is 1.22 bits per heavy atom. The number of aryl methyl sites for hydroxylation is 1. The molecule has 18 heavy (non-hydrogen) atoms. The molecule has 5 heteroatoms. The minimum Gasteiger partial charge on any atom is -0.375 e. The number of nitrogens with two attached hydrogens (primary N) is 1. The fourth-order valence-corrected chi connectivity index (χ4v) is 3.58. The van der Waals surface area contributed by atoms with Crippen LogP contribution in [0.4, 0.5) is 13.9 Å². The lowest BCUT2D eigenvalue weighted by molar-refractivity contribution is 0.565. The van der Waals surface area contributed by atoms with Gasteiger partial charge in [-0.25, -0.2) is 13.8 Å². The lowest BCUT2D eigenvalue weighted by Crippen LogP contribution is -2.09. The summed E-state index contributed by atoms with van der Waals surface area (Å²) in [5, 5.41) is 0.531. The van der Waals surface area contributed by atoms with E-state index in [2.05, 4.69) is 4.98 Å². The van der Waals surface area contributed by atoms with Crippen molar-refractivity contribution in [3.05, 3.63) is 46.0 Å². The van der Waals surface area contributed by atoms with E-state index >= 15 is 0 Å². The van der Waals surface area contributed by atoms with Crippen LogP contribution in [0, 0.1) is 11.6 Å². The monoisotopic (exact) mass is 266 g/mol. The topological polar surface area (TPSA) is 38.9 Å². The molecule has 1 heterocycles. The number of anilines is 1. The number of fused-ring (bicyclic) bond motifs is 1. The maximum Gasteiger partial charge on any atom is 0.180 e. The number of nitrogen functional groups attached to an aromatic ring is 1. The molecule has 1 aromatic carbocycles. The minimum atomic E-state index is -0.533. The Morgan fingerprint density at radius 2 is 1.94 bits per heavy atom. The molecule has 2 nitrogen and oxygen atoms in total. The third-order valence-electron chi connectivity index (χ3n) is 3.25. The Labute approximate surface area is 107 Å². The molecule has 1 aliphatic carbocycles. The molecule has 2 N–H and O–H groups in total. The van der Waals surface area contributed by atoms with E-state index in [1.54, 1.807) is 0 Å². The summed E-state index contributed by atoms with van der Waals surface area (Å²) in [6.45, 7) is 0. The van der Waals surface area contributed by atoms with E-state index in [-0.39, 0.29) is 5.92 Å². The van der Waals surface area contributed by atoms with Gasteiger partial charge >= 0.3 is 0 Å². The first kappa shape index (κ1) is 11.6. The number of hydrogen-bond donors (Lipinski definition) is 1. The van der Waals surface area contributed by atoms with Crippen molar-refractivity contribution in [1.82, 2.24) is 4.98 Å². The molecule has 1 aromatic heterocycles. The Morgan fingerprint density at radius 3 is 2.67 bits per heavy atom. The maximum atomic E-state index is 13.3. The third kappa shape index (κ3) is 1.99. The molecule has 0 amide bonds. The quantitative estimate of drug-likeness (QED) is 0.858. The second-order valence-corrected chi connectivity index (χ2v) is 5.57. The van der Waals surface area contributed by atoms with Crippen LogP contribution in [-0.2, 0) is 6.42 Å². The van der Waals surface area contributed by atoms with Crippen LogP contribution < -0.4 is 5.73 Å². The molecule has 1 atom stereocenters. The first-order chi connectivity index (χ1) is 8.63. The summed E-state index contributed by atoms with van der Waals surface area (Å²) in [6.07, 6.45) is 2.76. The number of hydrogen-bond acceptors (Lipinski definition) is 3. The predicted octanol–water partition coefficient (Wildman–Crippen LogP) is 3.47. The summed E-state index contributed by atoms with van der Waals surface area (Å²) in [5.74, 6) is -1.04.